The molecule has 1 aromatic rings. The predicted molar refractivity (Wildman–Crippen MR) is 79.5 cm³/mol. The van der Waals surface area contributed by atoms with Gasteiger partial charge in [-0.05, 0) is 53.7 Å². The number of aliphatic hydroxyl groups is 1. The van der Waals surface area contributed by atoms with Crippen LogP contribution in [0.1, 0.15) is 36.0 Å². The molecule has 1 heterocycles. The highest BCUT2D eigenvalue weighted by Gasteiger charge is 2.30. The first kappa shape index (κ1) is 14.8. The lowest BCUT2D eigenvalue weighted by atomic mass is 10.1. The molecule has 0 saturated carbocycles. The maximum absolute atomic E-state index is 12.6. The van der Waals surface area contributed by atoms with Gasteiger partial charge in [0.2, 0.25) is 0 Å². The lowest BCUT2D eigenvalue weighted by Gasteiger charge is -2.25. The quantitative estimate of drug-likeness (QED) is 0.907. The molecule has 0 spiro atoms. The molecular weight excluding hydrogens is 330 g/mol. The van der Waals surface area contributed by atoms with Gasteiger partial charge in [0.25, 0.3) is 5.91 Å². The fourth-order valence-electron chi connectivity index (χ4n) is 2.55. The van der Waals surface area contributed by atoms with Gasteiger partial charge in [0, 0.05) is 23.7 Å². The minimum atomic E-state index is -0.00765. The molecule has 1 aliphatic heterocycles. The summed E-state index contributed by atoms with van der Waals surface area (Å²) in [6, 6.07) is 5.64. The monoisotopic (exact) mass is 345 g/mol. The van der Waals surface area contributed by atoms with Gasteiger partial charge in [0.1, 0.15) is 0 Å². The van der Waals surface area contributed by atoms with E-state index in [1.54, 1.807) is 6.07 Å². The highest BCUT2D eigenvalue weighted by atomic mass is 79.9. The molecule has 1 fully saturated rings. The van der Waals surface area contributed by atoms with Crippen LogP contribution in [0.25, 0.3) is 0 Å². The molecule has 1 saturated heterocycles. The third kappa shape index (κ3) is 3.30. The Morgan fingerprint density at radius 2 is 2.32 bits per heavy atom. The Hall–Kier alpha value is -0.580. The van der Waals surface area contributed by atoms with Gasteiger partial charge in [-0.25, -0.2) is 0 Å². The van der Waals surface area contributed by atoms with E-state index >= 15 is 0 Å². The van der Waals surface area contributed by atoms with E-state index in [1.807, 2.05) is 17.0 Å². The Labute approximate surface area is 126 Å². The molecule has 0 aromatic heterocycles. The Kier molecular flexibility index (Phi) is 5.25. The number of aliphatic hydroxyl groups excluding tert-OH is 1. The molecule has 0 bridgehead atoms. The summed E-state index contributed by atoms with van der Waals surface area (Å²) in [7, 11) is 0. The first-order chi connectivity index (χ1) is 9.15. The highest BCUT2D eigenvalue weighted by molar-refractivity contribution is 9.10. The summed E-state index contributed by atoms with van der Waals surface area (Å²) in [5.41, 5.74) is 0.548. The molecular formula is C14H17BrClNO2. The average Bonchev–Trinajstić information content (AvgIpc) is 2.87. The zero-order valence-electron chi connectivity index (χ0n) is 10.6. The molecule has 1 atom stereocenters. The van der Waals surface area contributed by atoms with Gasteiger partial charge in [-0.3, -0.25) is 4.79 Å². The van der Waals surface area contributed by atoms with E-state index in [1.165, 1.54) is 0 Å². The van der Waals surface area contributed by atoms with Crippen LogP contribution in [0.4, 0.5) is 0 Å². The standard InChI is InChI=1S/C14H17BrClNO2/c15-12-7-1-6-11(13(12)16)14(19)17-8-2-4-10(17)5-3-9-18/h1,6-7,10,18H,2-5,8-9H2. The topological polar surface area (TPSA) is 40.5 Å². The van der Waals surface area contributed by atoms with Gasteiger partial charge in [0.15, 0.2) is 0 Å². The van der Waals surface area contributed by atoms with Gasteiger partial charge in [-0.2, -0.15) is 0 Å². The molecule has 1 N–H and O–H groups in total. The second-order valence-corrected chi connectivity index (χ2v) is 5.99. The summed E-state index contributed by atoms with van der Waals surface area (Å²) in [4.78, 5) is 14.4. The fraction of sp³-hybridized carbons (Fsp3) is 0.500. The fourth-order valence-corrected chi connectivity index (χ4v) is 3.13. The number of carbonyl (C=O) groups excluding carboxylic acids is 1. The van der Waals surface area contributed by atoms with Crippen LogP contribution in [-0.2, 0) is 0 Å². The van der Waals surface area contributed by atoms with E-state index in [9.17, 15) is 4.79 Å². The Balaban J connectivity index is 2.16. The first-order valence-corrected chi connectivity index (χ1v) is 7.68. The number of benzene rings is 1. The van der Waals surface area contributed by atoms with E-state index in [2.05, 4.69) is 15.9 Å². The van der Waals surface area contributed by atoms with E-state index < -0.39 is 0 Å². The highest BCUT2D eigenvalue weighted by Crippen LogP contribution is 2.30. The second kappa shape index (κ2) is 6.73. The molecule has 1 amide bonds. The molecule has 1 aromatic carbocycles. The number of likely N-dealkylation sites (tertiary alicyclic amines) is 1. The van der Waals surface area contributed by atoms with Crippen molar-refractivity contribution in [3.8, 4) is 0 Å². The molecule has 104 valence electrons. The van der Waals surface area contributed by atoms with Crippen molar-refractivity contribution < 1.29 is 9.90 Å². The summed E-state index contributed by atoms with van der Waals surface area (Å²) < 4.78 is 0.742. The predicted octanol–water partition coefficient (Wildman–Crippen LogP) is 3.48. The SMILES string of the molecule is O=C(c1cccc(Br)c1Cl)N1CCCC1CCCO. The second-order valence-electron chi connectivity index (χ2n) is 4.76. The minimum absolute atomic E-state index is 0.00765. The van der Waals surface area contributed by atoms with E-state index in [0.717, 1.165) is 36.7 Å². The van der Waals surface area contributed by atoms with Crippen molar-refractivity contribution in [2.24, 2.45) is 0 Å². The van der Waals surface area contributed by atoms with E-state index in [0.29, 0.717) is 10.6 Å². The number of nitrogens with zero attached hydrogens (tertiary/aromatic N) is 1. The van der Waals surface area contributed by atoms with Crippen LogP contribution in [-0.4, -0.2) is 35.1 Å². The van der Waals surface area contributed by atoms with Crippen LogP contribution < -0.4 is 0 Å². The maximum Gasteiger partial charge on any atom is 0.255 e. The maximum atomic E-state index is 12.6. The first-order valence-electron chi connectivity index (χ1n) is 6.51. The van der Waals surface area contributed by atoms with Gasteiger partial charge < -0.3 is 10.0 Å². The third-order valence-electron chi connectivity index (χ3n) is 3.52. The van der Waals surface area contributed by atoms with Crippen molar-refractivity contribution in [2.45, 2.75) is 31.7 Å². The summed E-state index contributed by atoms with van der Waals surface area (Å²) in [6.45, 7) is 0.952. The van der Waals surface area contributed by atoms with Crippen molar-refractivity contribution in [3.63, 3.8) is 0 Å². The van der Waals surface area contributed by atoms with Gasteiger partial charge in [-0.1, -0.05) is 17.7 Å². The summed E-state index contributed by atoms with van der Waals surface area (Å²) in [6.07, 6.45) is 3.62. The van der Waals surface area contributed by atoms with Crippen molar-refractivity contribution in [1.29, 1.82) is 0 Å². The number of hydrogen-bond acceptors (Lipinski definition) is 2. The summed E-state index contributed by atoms with van der Waals surface area (Å²) >= 11 is 9.53. The Morgan fingerprint density at radius 1 is 1.53 bits per heavy atom. The summed E-state index contributed by atoms with van der Waals surface area (Å²) in [5, 5.41) is 9.39. The largest absolute Gasteiger partial charge is 0.396 e. The number of amides is 1. The van der Waals surface area contributed by atoms with Crippen molar-refractivity contribution in [2.75, 3.05) is 13.2 Å². The number of hydrogen-bond donors (Lipinski definition) is 1. The average molecular weight is 347 g/mol. The minimum Gasteiger partial charge on any atom is -0.396 e. The molecule has 5 heteroatoms. The zero-order chi connectivity index (χ0) is 13.8. The van der Waals surface area contributed by atoms with Gasteiger partial charge in [0.05, 0.1) is 10.6 Å². The van der Waals surface area contributed by atoms with Gasteiger partial charge in [-0.15, -0.1) is 0 Å². The molecule has 0 aliphatic carbocycles. The summed E-state index contributed by atoms with van der Waals surface area (Å²) in [5.74, 6) is -0.00765. The number of carbonyl (C=O) groups is 1. The Morgan fingerprint density at radius 3 is 3.05 bits per heavy atom. The van der Waals surface area contributed by atoms with Crippen molar-refractivity contribution >= 4 is 33.4 Å². The molecule has 0 radical (unpaired) electrons. The van der Waals surface area contributed by atoms with Crippen LogP contribution >= 0.6 is 27.5 Å². The van der Waals surface area contributed by atoms with Crippen LogP contribution in [0.15, 0.2) is 22.7 Å². The molecule has 19 heavy (non-hydrogen) atoms. The molecule has 1 unspecified atom stereocenters. The number of halogens is 2. The molecule has 2 rings (SSSR count). The molecule has 1 aliphatic rings. The lowest BCUT2D eigenvalue weighted by Crippen LogP contribution is -2.35. The van der Waals surface area contributed by atoms with Gasteiger partial charge >= 0.3 is 0 Å². The molecule has 3 nitrogen and oxygen atoms in total. The van der Waals surface area contributed by atoms with E-state index in [-0.39, 0.29) is 18.6 Å². The van der Waals surface area contributed by atoms with Crippen LogP contribution in [0.2, 0.25) is 5.02 Å². The smallest absolute Gasteiger partial charge is 0.255 e. The normalized spacial score (nSPS) is 18.9. The number of rotatable bonds is 4. The van der Waals surface area contributed by atoms with Crippen LogP contribution in [0.5, 0.6) is 0 Å². The third-order valence-corrected chi connectivity index (χ3v) is 4.81. The van der Waals surface area contributed by atoms with Crippen molar-refractivity contribution in [1.82, 2.24) is 4.90 Å². The zero-order valence-corrected chi connectivity index (χ0v) is 13.0. The van der Waals surface area contributed by atoms with Crippen LogP contribution in [0.3, 0.4) is 0 Å². The van der Waals surface area contributed by atoms with E-state index in [4.69, 9.17) is 16.7 Å². The lowest BCUT2D eigenvalue weighted by molar-refractivity contribution is 0.0724. The van der Waals surface area contributed by atoms with Crippen LogP contribution in [0, 0.1) is 0 Å². The Bertz CT molecular complexity index is 467. The van der Waals surface area contributed by atoms with Crippen molar-refractivity contribution in [3.05, 3.63) is 33.3 Å².